The minimum absolute atomic E-state index is 0.153. The van der Waals surface area contributed by atoms with Crippen LogP contribution in [0, 0.1) is 13.8 Å². The summed E-state index contributed by atoms with van der Waals surface area (Å²) in [5, 5.41) is 4.42. The highest BCUT2D eigenvalue weighted by Gasteiger charge is 2.19. The number of amides is 1. The normalized spacial score (nSPS) is 11.0. The average Bonchev–Trinajstić information content (AvgIpc) is 3.10. The van der Waals surface area contributed by atoms with E-state index in [9.17, 15) is 9.59 Å². The quantitative estimate of drug-likeness (QED) is 0.468. The number of benzene rings is 2. The number of nitrogens with zero attached hydrogens (tertiary/aromatic N) is 5. The predicted molar refractivity (Wildman–Crippen MR) is 123 cm³/mol. The van der Waals surface area contributed by atoms with E-state index in [0.29, 0.717) is 23.7 Å². The summed E-state index contributed by atoms with van der Waals surface area (Å²) in [6, 6.07) is 17.0. The number of hydrogen-bond donors (Lipinski definition) is 0. The van der Waals surface area contributed by atoms with E-state index >= 15 is 0 Å². The smallest absolute Gasteiger partial charge is 0.352 e. The first kappa shape index (κ1) is 21.3. The molecular weight excluding hydrogens is 406 g/mol. The van der Waals surface area contributed by atoms with Crippen LogP contribution in [0.3, 0.4) is 0 Å². The zero-order valence-electron chi connectivity index (χ0n) is 18.6. The van der Waals surface area contributed by atoms with Crippen molar-refractivity contribution < 1.29 is 9.53 Å². The molecule has 32 heavy (non-hydrogen) atoms. The molecule has 0 aliphatic heterocycles. The van der Waals surface area contributed by atoms with E-state index in [1.807, 2.05) is 62.4 Å². The molecule has 2 aromatic carbocycles. The molecule has 0 N–H and O–H groups in total. The number of carbonyl (C=O) groups is 1. The summed E-state index contributed by atoms with van der Waals surface area (Å²) in [7, 11) is 1.61. The molecule has 0 bridgehead atoms. The van der Waals surface area contributed by atoms with Crippen LogP contribution in [0.15, 0.2) is 59.4 Å². The third kappa shape index (κ3) is 3.99. The minimum atomic E-state index is -0.389. The third-order valence-electron chi connectivity index (χ3n) is 5.34. The van der Waals surface area contributed by atoms with Gasteiger partial charge in [0.15, 0.2) is 5.65 Å². The molecule has 0 fully saturated rings. The van der Waals surface area contributed by atoms with Crippen LogP contribution in [0.25, 0.3) is 16.9 Å². The molecule has 0 unspecified atom stereocenters. The largest absolute Gasteiger partial charge is 0.497 e. The summed E-state index contributed by atoms with van der Waals surface area (Å²) in [5.41, 5.74) is 3.49. The molecule has 0 saturated heterocycles. The fourth-order valence-corrected chi connectivity index (χ4v) is 3.73. The summed E-state index contributed by atoms with van der Waals surface area (Å²) < 4.78 is 7.82. The first-order chi connectivity index (χ1) is 15.4. The van der Waals surface area contributed by atoms with Gasteiger partial charge in [0.05, 0.1) is 12.8 Å². The molecule has 1 amide bonds. The molecule has 0 aliphatic carbocycles. The Bertz CT molecular complexity index is 1340. The van der Waals surface area contributed by atoms with Gasteiger partial charge in [0.2, 0.25) is 5.91 Å². The predicted octanol–water partition coefficient (Wildman–Crippen LogP) is 3.24. The fourth-order valence-electron chi connectivity index (χ4n) is 3.73. The Kier molecular flexibility index (Phi) is 5.77. The number of ether oxygens (including phenoxy) is 1. The number of hydrogen-bond acceptors (Lipinski definition) is 5. The van der Waals surface area contributed by atoms with Gasteiger partial charge in [-0.1, -0.05) is 12.1 Å². The van der Waals surface area contributed by atoms with E-state index in [1.165, 1.54) is 9.08 Å². The van der Waals surface area contributed by atoms with Crippen molar-refractivity contribution in [2.45, 2.75) is 27.3 Å². The lowest BCUT2D eigenvalue weighted by atomic mass is 10.1. The van der Waals surface area contributed by atoms with Gasteiger partial charge in [-0.3, -0.25) is 4.79 Å². The fraction of sp³-hybridized carbons (Fsp3) is 0.250. The average molecular weight is 431 g/mol. The molecule has 4 rings (SSSR count). The van der Waals surface area contributed by atoms with Crippen molar-refractivity contribution in [3.05, 3.63) is 76.5 Å². The molecule has 0 spiro atoms. The second-order valence-electron chi connectivity index (χ2n) is 7.53. The van der Waals surface area contributed by atoms with Crippen molar-refractivity contribution in [3.63, 3.8) is 0 Å². The first-order valence-electron chi connectivity index (χ1n) is 10.4. The Balaban J connectivity index is 1.67. The maximum atomic E-state index is 13.0. The lowest BCUT2D eigenvalue weighted by Gasteiger charge is -2.21. The number of carbonyl (C=O) groups excluding carboxylic acids is 1. The standard InChI is InChI=1S/C24H25N5O3/c1-5-27(19-8-6-7-16(2)13-19)23(30)15-28-24(31)29-17(3)25-21(14-22(29)26-28)18-9-11-20(32-4)12-10-18/h6-14H,5,15H2,1-4H3. The van der Waals surface area contributed by atoms with Crippen LogP contribution in [0.4, 0.5) is 5.69 Å². The number of anilines is 1. The number of methoxy groups -OCH3 is 1. The van der Waals surface area contributed by atoms with Crippen LogP contribution < -0.4 is 15.3 Å². The van der Waals surface area contributed by atoms with Crippen LogP contribution in [0.1, 0.15) is 18.3 Å². The Hall–Kier alpha value is -3.94. The zero-order chi connectivity index (χ0) is 22.8. The first-order valence-corrected chi connectivity index (χ1v) is 10.4. The Labute approximate surface area is 185 Å². The summed E-state index contributed by atoms with van der Waals surface area (Å²) in [4.78, 5) is 32.2. The molecular formula is C24H25N5O3. The van der Waals surface area contributed by atoms with Crippen LogP contribution >= 0.6 is 0 Å². The lowest BCUT2D eigenvalue weighted by molar-refractivity contribution is -0.119. The molecule has 164 valence electrons. The maximum absolute atomic E-state index is 13.0. The van der Waals surface area contributed by atoms with Gasteiger partial charge in [-0.05, 0) is 62.7 Å². The molecule has 0 atom stereocenters. The van der Waals surface area contributed by atoms with E-state index in [2.05, 4.69) is 10.1 Å². The van der Waals surface area contributed by atoms with Crippen molar-refractivity contribution in [3.8, 4) is 17.0 Å². The van der Waals surface area contributed by atoms with Crippen LogP contribution in [-0.2, 0) is 11.3 Å². The highest BCUT2D eigenvalue weighted by atomic mass is 16.5. The number of aryl methyl sites for hydroxylation is 2. The molecule has 8 heteroatoms. The van der Waals surface area contributed by atoms with Crippen molar-refractivity contribution in [2.24, 2.45) is 0 Å². The van der Waals surface area contributed by atoms with Gasteiger partial charge < -0.3 is 9.64 Å². The SMILES string of the molecule is CCN(C(=O)Cn1nc2cc(-c3ccc(OC)cc3)nc(C)n2c1=O)c1cccc(C)c1. The summed E-state index contributed by atoms with van der Waals surface area (Å²) in [5.74, 6) is 1.05. The van der Waals surface area contributed by atoms with Crippen molar-refractivity contribution in [1.29, 1.82) is 0 Å². The second-order valence-corrected chi connectivity index (χ2v) is 7.53. The number of aromatic nitrogens is 4. The van der Waals surface area contributed by atoms with E-state index in [1.54, 1.807) is 25.0 Å². The van der Waals surface area contributed by atoms with Crippen LogP contribution in [-0.4, -0.2) is 38.7 Å². The monoisotopic (exact) mass is 431 g/mol. The molecule has 2 aromatic heterocycles. The molecule has 0 radical (unpaired) electrons. The Morgan fingerprint density at radius 1 is 1.09 bits per heavy atom. The highest BCUT2D eigenvalue weighted by Crippen LogP contribution is 2.22. The van der Waals surface area contributed by atoms with E-state index in [4.69, 9.17) is 4.74 Å². The maximum Gasteiger partial charge on any atom is 0.352 e. The Morgan fingerprint density at radius 3 is 2.50 bits per heavy atom. The van der Waals surface area contributed by atoms with Crippen LogP contribution in [0.5, 0.6) is 5.75 Å². The number of likely N-dealkylation sites (N-methyl/N-ethyl adjacent to an activating group) is 1. The van der Waals surface area contributed by atoms with Gasteiger partial charge in [0.25, 0.3) is 0 Å². The van der Waals surface area contributed by atoms with Gasteiger partial charge in [-0.15, -0.1) is 5.10 Å². The van der Waals surface area contributed by atoms with Crippen LogP contribution in [0.2, 0.25) is 0 Å². The summed E-state index contributed by atoms with van der Waals surface area (Å²) in [6.45, 7) is 5.97. The topological polar surface area (TPSA) is 81.7 Å². The molecule has 0 saturated carbocycles. The summed E-state index contributed by atoms with van der Waals surface area (Å²) >= 11 is 0. The van der Waals surface area contributed by atoms with E-state index < -0.39 is 0 Å². The van der Waals surface area contributed by atoms with Crippen molar-refractivity contribution in [2.75, 3.05) is 18.6 Å². The van der Waals surface area contributed by atoms with Crippen molar-refractivity contribution >= 4 is 17.2 Å². The van der Waals surface area contributed by atoms with Gasteiger partial charge in [0.1, 0.15) is 18.1 Å². The van der Waals surface area contributed by atoms with E-state index in [0.717, 1.165) is 22.6 Å². The molecule has 0 aliphatic rings. The lowest BCUT2D eigenvalue weighted by Crippen LogP contribution is -2.37. The minimum Gasteiger partial charge on any atom is -0.497 e. The van der Waals surface area contributed by atoms with Gasteiger partial charge >= 0.3 is 5.69 Å². The summed E-state index contributed by atoms with van der Waals surface area (Å²) in [6.07, 6.45) is 0. The van der Waals surface area contributed by atoms with Gasteiger partial charge in [-0.25, -0.2) is 18.9 Å². The third-order valence-corrected chi connectivity index (χ3v) is 5.34. The van der Waals surface area contributed by atoms with Crippen molar-refractivity contribution in [1.82, 2.24) is 19.2 Å². The highest BCUT2D eigenvalue weighted by molar-refractivity contribution is 5.93. The number of fused-ring (bicyclic) bond motifs is 1. The molecule has 8 nitrogen and oxygen atoms in total. The second kappa shape index (κ2) is 8.66. The molecule has 4 aromatic rings. The number of rotatable bonds is 6. The van der Waals surface area contributed by atoms with Gasteiger partial charge in [0, 0.05) is 23.9 Å². The Morgan fingerprint density at radius 2 is 1.84 bits per heavy atom. The van der Waals surface area contributed by atoms with Gasteiger partial charge in [-0.2, -0.15) is 0 Å². The molecule has 2 heterocycles. The van der Waals surface area contributed by atoms with E-state index in [-0.39, 0.29) is 18.1 Å². The zero-order valence-corrected chi connectivity index (χ0v) is 18.6.